The van der Waals surface area contributed by atoms with E-state index in [-0.39, 0.29) is 10.6 Å². The lowest BCUT2D eigenvalue weighted by atomic mass is 10.2. The third kappa shape index (κ3) is 2.83. The normalized spacial score (nSPS) is 10.2. The molecule has 2 aromatic carbocycles. The molecule has 4 nitrogen and oxygen atoms in total. The first-order valence-electron chi connectivity index (χ1n) is 5.72. The number of nitrogens with two attached hydrogens (primary N) is 1. The lowest BCUT2D eigenvalue weighted by molar-refractivity contribution is 0.102. The number of hydrogen-bond acceptors (Lipinski definition) is 3. The van der Waals surface area contributed by atoms with Crippen LogP contribution in [0, 0.1) is 5.82 Å². The van der Waals surface area contributed by atoms with Gasteiger partial charge in [-0.2, -0.15) is 0 Å². The van der Waals surface area contributed by atoms with Crippen LogP contribution in [0.4, 0.5) is 15.8 Å². The number of methoxy groups -OCH3 is 1. The third-order valence-electron chi connectivity index (χ3n) is 2.69. The van der Waals surface area contributed by atoms with E-state index in [1.165, 1.54) is 25.3 Å². The molecule has 0 heterocycles. The van der Waals surface area contributed by atoms with Crippen molar-refractivity contribution in [2.75, 3.05) is 18.2 Å². The zero-order valence-corrected chi connectivity index (χ0v) is 11.4. The van der Waals surface area contributed by atoms with E-state index >= 15 is 0 Å². The number of rotatable bonds is 3. The number of nitrogen functional groups attached to an aromatic ring is 1. The standard InChI is InChI=1S/C14H12ClFN2O2/c1-20-12-7-8(5-6-11(12)17)18-14(19)9-3-2-4-10(15)13(9)16/h2-7H,17H2,1H3,(H,18,19). The highest BCUT2D eigenvalue weighted by atomic mass is 35.5. The Morgan fingerprint density at radius 2 is 2.10 bits per heavy atom. The largest absolute Gasteiger partial charge is 0.495 e. The number of carbonyl (C=O) groups excluding carboxylic acids is 1. The lowest BCUT2D eigenvalue weighted by Crippen LogP contribution is -2.14. The van der Waals surface area contributed by atoms with Crippen molar-refractivity contribution < 1.29 is 13.9 Å². The first-order chi connectivity index (χ1) is 9.52. The molecule has 0 unspecified atom stereocenters. The summed E-state index contributed by atoms with van der Waals surface area (Å²) in [6.07, 6.45) is 0. The molecular formula is C14H12ClFN2O2. The van der Waals surface area contributed by atoms with Gasteiger partial charge in [0.15, 0.2) is 5.82 Å². The zero-order valence-electron chi connectivity index (χ0n) is 10.6. The fourth-order valence-electron chi connectivity index (χ4n) is 1.67. The molecule has 0 radical (unpaired) electrons. The van der Waals surface area contributed by atoms with Gasteiger partial charge in [-0.25, -0.2) is 4.39 Å². The van der Waals surface area contributed by atoms with Crippen LogP contribution < -0.4 is 15.8 Å². The first-order valence-corrected chi connectivity index (χ1v) is 6.09. The van der Waals surface area contributed by atoms with Gasteiger partial charge in [0.2, 0.25) is 0 Å². The summed E-state index contributed by atoms with van der Waals surface area (Å²) in [7, 11) is 1.47. The molecule has 0 saturated carbocycles. The number of benzene rings is 2. The van der Waals surface area contributed by atoms with Crippen LogP contribution in [0.3, 0.4) is 0 Å². The van der Waals surface area contributed by atoms with Gasteiger partial charge in [-0.05, 0) is 24.3 Å². The van der Waals surface area contributed by atoms with Gasteiger partial charge in [0.05, 0.1) is 23.4 Å². The fraction of sp³-hybridized carbons (Fsp3) is 0.0714. The van der Waals surface area contributed by atoms with E-state index in [4.69, 9.17) is 22.1 Å². The minimum atomic E-state index is -0.755. The maximum absolute atomic E-state index is 13.7. The second-order valence-corrected chi connectivity index (χ2v) is 4.42. The van der Waals surface area contributed by atoms with Crippen molar-refractivity contribution in [1.82, 2.24) is 0 Å². The lowest BCUT2D eigenvalue weighted by Gasteiger charge is -2.09. The number of ether oxygens (including phenoxy) is 1. The van der Waals surface area contributed by atoms with E-state index < -0.39 is 11.7 Å². The fourth-order valence-corrected chi connectivity index (χ4v) is 1.84. The SMILES string of the molecule is COc1cc(NC(=O)c2cccc(Cl)c2F)ccc1N. The molecule has 0 aliphatic carbocycles. The molecule has 0 aliphatic heterocycles. The summed E-state index contributed by atoms with van der Waals surface area (Å²) < 4.78 is 18.8. The van der Waals surface area contributed by atoms with Gasteiger partial charge in [0, 0.05) is 11.8 Å². The molecule has 2 rings (SSSR count). The second kappa shape index (κ2) is 5.79. The Morgan fingerprint density at radius 1 is 1.35 bits per heavy atom. The summed E-state index contributed by atoms with van der Waals surface area (Å²) >= 11 is 5.64. The van der Waals surface area contributed by atoms with E-state index in [0.29, 0.717) is 17.1 Å². The van der Waals surface area contributed by atoms with Crippen LogP contribution in [0.1, 0.15) is 10.4 Å². The molecule has 0 spiro atoms. The molecule has 104 valence electrons. The quantitative estimate of drug-likeness (QED) is 0.854. The van der Waals surface area contributed by atoms with Gasteiger partial charge in [-0.1, -0.05) is 17.7 Å². The second-order valence-electron chi connectivity index (χ2n) is 4.01. The number of halogens is 2. The van der Waals surface area contributed by atoms with Crippen LogP contribution in [0.2, 0.25) is 5.02 Å². The molecule has 2 aromatic rings. The van der Waals surface area contributed by atoms with E-state index in [2.05, 4.69) is 5.32 Å². The molecule has 1 amide bonds. The summed E-state index contributed by atoms with van der Waals surface area (Å²) in [6.45, 7) is 0. The summed E-state index contributed by atoms with van der Waals surface area (Å²) in [5.41, 5.74) is 6.43. The maximum atomic E-state index is 13.7. The van der Waals surface area contributed by atoms with E-state index in [1.54, 1.807) is 18.2 Å². The molecule has 6 heteroatoms. The highest BCUT2D eigenvalue weighted by molar-refractivity contribution is 6.31. The Kier molecular flexibility index (Phi) is 4.10. The summed E-state index contributed by atoms with van der Waals surface area (Å²) in [5, 5.41) is 2.45. The van der Waals surface area contributed by atoms with Gasteiger partial charge in [0.25, 0.3) is 5.91 Å². The molecule has 0 atom stereocenters. The minimum Gasteiger partial charge on any atom is -0.495 e. The third-order valence-corrected chi connectivity index (χ3v) is 2.98. The number of anilines is 2. The first kappa shape index (κ1) is 14.1. The van der Waals surface area contributed by atoms with Crippen LogP contribution >= 0.6 is 11.6 Å². The van der Waals surface area contributed by atoms with Crippen molar-refractivity contribution in [3.05, 3.63) is 52.8 Å². The van der Waals surface area contributed by atoms with Gasteiger partial charge < -0.3 is 15.8 Å². The van der Waals surface area contributed by atoms with E-state index in [0.717, 1.165) is 0 Å². The van der Waals surface area contributed by atoms with E-state index in [9.17, 15) is 9.18 Å². The zero-order chi connectivity index (χ0) is 14.7. The molecule has 0 saturated heterocycles. The van der Waals surface area contributed by atoms with Crippen LogP contribution in [-0.4, -0.2) is 13.0 Å². The molecule has 20 heavy (non-hydrogen) atoms. The number of nitrogens with one attached hydrogen (secondary N) is 1. The van der Waals surface area contributed by atoms with Gasteiger partial charge in [-0.15, -0.1) is 0 Å². The molecule has 0 bridgehead atoms. The molecule has 3 N–H and O–H groups in total. The van der Waals surface area contributed by atoms with Crippen molar-refractivity contribution in [2.24, 2.45) is 0 Å². The highest BCUT2D eigenvalue weighted by Gasteiger charge is 2.14. The maximum Gasteiger partial charge on any atom is 0.258 e. The van der Waals surface area contributed by atoms with Gasteiger partial charge in [0.1, 0.15) is 5.75 Å². The predicted molar refractivity (Wildman–Crippen MR) is 76.8 cm³/mol. The van der Waals surface area contributed by atoms with Gasteiger partial charge >= 0.3 is 0 Å². The average molecular weight is 295 g/mol. The topological polar surface area (TPSA) is 64.3 Å². The Hall–Kier alpha value is -2.27. The Labute approximate surface area is 120 Å². The minimum absolute atomic E-state index is 0.104. The molecule has 0 fully saturated rings. The summed E-state index contributed by atoms with van der Waals surface area (Å²) in [4.78, 5) is 12.0. The Bertz CT molecular complexity index is 662. The summed E-state index contributed by atoms with van der Waals surface area (Å²) in [5.74, 6) is -0.930. The Balaban J connectivity index is 2.26. The predicted octanol–water partition coefficient (Wildman–Crippen LogP) is 3.32. The van der Waals surface area contributed by atoms with Crippen molar-refractivity contribution in [3.8, 4) is 5.75 Å². The Morgan fingerprint density at radius 3 is 2.80 bits per heavy atom. The highest BCUT2D eigenvalue weighted by Crippen LogP contribution is 2.26. The van der Waals surface area contributed by atoms with Crippen molar-refractivity contribution >= 4 is 28.9 Å². The van der Waals surface area contributed by atoms with Crippen molar-refractivity contribution in [2.45, 2.75) is 0 Å². The monoisotopic (exact) mass is 294 g/mol. The summed E-state index contributed by atoms with van der Waals surface area (Å²) in [6, 6.07) is 8.96. The smallest absolute Gasteiger partial charge is 0.258 e. The van der Waals surface area contributed by atoms with Crippen molar-refractivity contribution in [3.63, 3.8) is 0 Å². The van der Waals surface area contributed by atoms with Crippen LogP contribution in [0.15, 0.2) is 36.4 Å². The van der Waals surface area contributed by atoms with E-state index in [1.807, 2.05) is 0 Å². The number of hydrogen-bond donors (Lipinski definition) is 2. The molecular weight excluding hydrogens is 283 g/mol. The molecule has 0 aromatic heterocycles. The van der Waals surface area contributed by atoms with Gasteiger partial charge in [-0.3, -0.25) is 4.79 Å². The average Bonchev–Trinajstić information content (AvgIpc) is 2.43. The number of carbonyl (C=O) groups is 1. The van der Waals surface area contributed by atoms with Crippen molar-refractivity contribution in [1.29, 1.82) is 0 Å². The molecule has 0 aliphatic rings. The van der Waals surface area contributed by atoms with Crippen LogP contribution in [0.5, 0.6) is 5.75 Å². The van der Waals surface area contributed by atoms with Crippen LogP contribution in [0.25, 0.3) is 0 Å². The van der Waals surface area contributed by atoms with Crippen LogP contribution in [-0.2, 0) is 0 Å². The number of amides is 1.